The molecule has 1 unspecified atom stereocenters. The van der Waals surface area contributed by atoms with Crippen LogP contribution in [0.25, 0.3) is 0 Å². The summed E-state index contributed by atoms with van der Waals surface area (Å²) >= 11 is 11.2. The van der Waals surface area contributed by atoms with Gasteiger partial charge in [0.1, 0.15) is 6.61 Å². The minimum absolute atomic E-state index is 0.370. The van der Waals surface area contributed by atoms with Crippen LogP contribution in [0.15, 0.2) is 53.7 Å². The quantitative estimate of drug-likeness (QED) is 0.530. The zero-order valence-corrected chi connectivity index (χ0v) is 17.8. The van der Waals surface area contributed by atoms with E-state index in [0.717, 1.165) is 11.1 Å². The molecule has 0 fully saturated rings. The number of allylic oxidation sites excluding steroid dienone is 1. The lowest BCUT2D eigenvalue weighted by atomic mass is 9.95. The molecule has 3 rings (SSSR count). The number of hydrogen-bond acceptors (Lipinski definition) is 5. The largest absolute Gasteiger partial charge is 0.493 e. The molecule has 2 N–H and O–H groups in total. The second-order valence-electron chi connectivity index (χ2n) is 6.39. The zero-order chi connectivity index (χ0) is 21.0. The number of hydrogen-bond donors (Lipinski definition) is 2. The minimum Gasteiger partial charge on any atom is -0.493 e. The number of thiocarbonyl (C=S) groups is 1. The van der Waals surface area contributed by atoms with Crippen molar-refractivity contribution in [1.82, 2.24) is 10.6 Å². The van der Waals surface area contributed by atoms with Crippen molar-refractivity contribution in [2.75, 3.05) is 14.2 Å². The second-order valence-corrected chi connectivity index (χ2v) is 7.23. The maximum atomic E-state index is 12.3. The summed E-state index contributed by atoms with van der Waals surface area (Å²) in [5, 5.41) is 7.18. The molecule has 8 heteroatoms. The SMILES string of the molecule is COC(=O)C1=C(C)NC(=S)NC1c1ccc(OCc2ccc(Cl)cc2)c(OC)c1. The Morgan fingerprint density at radius 3 is 2.52 bits per heavy atom. The first-order valence-electron chi connectivity index (χ1n) is 8.84. The van der Waals surface area contributed by atoms with Crippen LogP contribution >= 0.6 is 23.8 Å². The number of esters is 1. The Morgan fingerprint density at radius 1 is 1.14 bits per heavy atom. The molecule has 0 amide bonds. The molecule has 0 saturated carbocycles. The first-order chi connectivity index (χ1) is 13.9. The van der Waals surface area contributed by atoms with Crippen molar-refractivity contribution in [2.24, 2.45) is 0 Å². The molecule has 1 aliphatic heterocycles. The molecule has 0 aromatic heterocycles. The van der Waals surface area contributed by atoms with E-state index in [1.807, 2.05) is 36.4 Å². The zero-order valence-electron chi connectivity index (χ0n) is 16.2. The van der Waals surface area contributed by atoms with Crippen LogP contribution in [0.4, 0.5) is 0 Å². The number of benzene rings is 2. The van der Waals surface area contributed by atoms with E-state index < -0.39 is 12.0 Å². The molecule has 0 radical (unpaired) electrons. The lowest BCUT2D eigenvalue weighted by Gasteiger charge is -2.30. The van der Waals surface area contributed by atoms with Gasteiger partial charge >= 0.3 is 5.97 Å². The maximum Gasteiger partial charge on any atom is 0.337 e. The Labute approximate surface area is 179 Å². The molecular weight excluding hydrogens is 412 g/mol. The Hall–Kier alpha value is -2.77. The Bertz CT molecular complexity index is 960. The van der Waals surface area contributed by atoms with Gasteiger partial charge < -0.3 is 24.8 Å². The highest BCUT2D eigenvalue weighted by Crippen LogP contribution is 2.35. The molecular formula is C21H21ClN2O4S. The minimum atomic E-state index is -0.463. The number of rotatable bonds is 6. The van der Waals surface area contributed by atoms with E-state index in [-0.39, 0.29) is 0 Å². The molecule has 0 saturated heterocycles. The number of carbonyl (C=O) groups is 1. The van der Waals surface area contributed by atoms with Crippen LogP contribution in [-0.2, 0) is 16.1 Å². The van der Waals surface area contributed by atoms with Gasteiger partial charge in [0, 0.05) is 10.7 Å². The van der Waals surface area contributed by atoms with Crippen LogP contribution in [0, 0.1) is 0 Å². The molecule has 1 aliphatic rings. The fraction of sp³-hybridized carbons (Fsp3) is 0.238. The normalized spacial score (nSPS) is 16.0. The summed E-state index contributed by atoms with van der Waals surface area (Å²) in [6, 6.07) is 12.5. The van der Waals surface area contributed by atoms with Crippen molar-refractivity contribution in [1.29, 1.82) is 0 Å². The van der Waals surface area contributed by atoms with Crippen molar-refractivity contribution < 1.29 is 19.0 Å². The van der Waals surface area contributed by atoms with Gasteiger partial charge in [0.25, 0.3) is 0 Å². The van der Waals surface area contributed by atoms with E-state index in [2.05, 4.69) is 10.6 Å². The van der Waals surface area contributed by atoms with E-state index in [1.54, 1.807) is 20.1 Å². The van der Waals surface area contributed by atoms with Crippen molar-refractivity contribution in [3.05, 3.63) is 69.9 Å². The van der Waals surface area contributed by atoms with Crippen LogP contribution in [0.5, 0.6) is 11.5 Å². The average molecular weight is 433 g/mol. The summed E-state index contributed by atoms with van der Waals surface area (Å²) in [7, 11) is 2.91. The number of halogens is 1. The summed E-state index contributed by atoms with van der Waals surface area (Å²) < 4.78 is 16.3. The number of carbonyl (C=O) groups excluding carboxylic acids is 1. The fourth-order valence-corrected chi connectivity index (χ4v) is 3.45. The van der Waals surface area contributed by atoms with Gasteiger partial charge in [-0.05, 0) is 54.5 Å². The molecule has 2 aromatic carbocycles. The molecule has 6 nitrogen and oxygen atoms in total. The third kappa shape index (κ3) is 4.81. The van der Waals surface area contributed by atoms with Gasteiger partial charge in [0.05, 0.1) is 25.8 Å². The summed E-state index contributed by atoms with van der Waals surface area (Å²) in [5.41, 5.74) is 2.88. The molecule has 0 spiro atoms. The third-order valence-electron chi connectivity index (χ3n) is 4.50. The summed E-state index contributed by atoms with van der Waals surface area (Å²) in [6.07, 6.45) is 0. The Morgan fingerprint density at radius 2 is 1.86 bits per heavy atom. The van der Waals surface area contributed by atoms with Gasteiger partial charge in [-0.15, -0.1) is 0 Å². The lowest BCUT2D eigenvalue weighted by molar-refractivity contribution is -0.136. The predicted octanol–water partition coefficient (Wildman–Crippen LogP) is 3.89. The highest BCUT2D eigenvalue weighted by atomic mass is 35.5. The number of methoxy groups -OCH3 is 2. The molecule has 1 atom stereocenters. The van der Waals surface area contributed by atoms with E-state index in [1.165, 1.54) is 7.11 Å². The summed E-state index contributed by atoms with van der Waals surface area (Å²) in [6.45, 7) is 2.15. The van der Waals surface area contributed by atoms with E-state index in [9.17, 15) is 4.79 Å². The lowest BCUT2D eigenvalue weighted by Crippen LogP contribution is -2.45. The predicted molar refractivity (Wildman–Crippen MR) is 115 cm³/mol. The van der Waals surface area contributed by atoms with Gasteiger partial charge in [-0.25, -0.2) is 4.79 Å². The van der Waals surface area contributed by atoms with Crippen LogP contribution in [0.2, 0.25) is 5.02 Å². The molecule has 0 aliphatic carbocycles. The van der Waals surface area contributed by atoms with E-state index in [0.29, 0.717) is 39.5 Å². The van der Waals surface area contributed by atoms with Gasteiger partial charge in [-0.3, -0.25) is 0 Å². The van der Waals surface area contributed by atoms with Gasteiger partial charge in [0.2, 0.25) is 0 Å². The maximum absolute atomic E-state index is 12.3. The van der Waals surface area contributed by atoms with Crippen molar-refractivity contribution in [3.8, 4) is 11.5 Å². The van der Waals surface area contributed by atoms with Crippen molar-refractivity contribution in [2.45, 2.75) is 19.6 Å². The fourth-order valence-electron chi connectivity index (χ4n) is 3.05. The smallest absolute Gasteiger partial charge is 0.337 e. The van der Waals surface area contributed by atoms with Crippen LogP contribution in [0.1, 0.15) is 24.1 Å². The molecule has 152 valence electrons. The molecule has 1 heterocycles. The van der Waals surface area contributed by atoms with Crippen molar-refractivity contribution >= 4 is 34.9 Å². The highest BCUT2D eigenvalue weighted by Gasteiger charge is 2.31. The van der Waals surface area contributed by atoms with Crippen LogP contribution in [0.3, 0.4) is 0 Å². The van der Waals surface area contributed by atoms with Gasteiger partial charge in [-0.2, -0.15) is 0 Å². The topological polar surface area (TPSA) is 68.8 Å². The van der Waals surface area contributed by atoms with Gasteiger partial charge in [0.15, 0.2) is 16.6 Å². The highest BCUT2D eigenvalue weighted by molar-refractivity contribution is 7.80. The molecule has 2 aromatic rings. The number of ether oxygens (including phenoxy) is 3. The third-order valence-corrected chi connectivity index (χ3v) is 4.97. The van der Waals surface area contributed by atoms with Crippen molar-refractivity contribution in [3.63, 3.8) is 0 Å². The van der Waals surface area contributed by atoms with Gasteiger partial charge in [-0.1, -0.05) is 29.8 Å². The van der Waals surface area contributed by atoms with E-state index >= 15 is 0 Å². The van der Waals surface area contributed by atoms with Crippen LogP contribution in [-0.4, -0.2) is 25.3 Å². The van der Waals surface area contributed by atoms with Crippen LogP contribution < -0.4 is 20.1 Å². The Balaban J connectivity index is 1.87. The standard InChI is InChI=1S/C21H21ClN2O4S/c1-12-18(20(25)27-3)19(24-21(29)23-12)14-6-9-16(17(10-14)26-2)28-11-13-4-7-15(22)8-5-13/h4-10,19H,11H2,1-3H3,(H2,23,24,29). The molecule has 29 heavy (non-hydrogen) atoms. The molecule has 0 bridgehead atoms. The monoisotopic (exact) mass is 432 g/mol. The first kappa shape index (κ1) is 21.0. The first-order valence-corrected chi connectivity index (χ1v) is 9.63. The Kier molecular flexibility index (Phi) is 6.61. The summed E-state index contributed by atoms with van der Waals surface area (Å²) in [5.74, 6) is 0.699. The number of nitrogens with one attached hydrogen (secondary N) is 2. The second kappa shape index (κ2) is 9.15. The van der Waals surface area contributed by atoms with E-state index in [4.69, 9.17) is 38.0 Å². The average Bonchev–Trinajstić information content (AvgIpc) is 2.72. The summed E-state index contributed by atoms with van der Waals surface area (Å²) in [4.78, 5) is 12.3.